The maximum absolute atomic E-state index is 12.9. The molecule has 5 rings (SSSR count). The first-order valence-corrected chi connectivity index (χ1v) is 13.6. The molecule has 8 heteroatoms. The highest BCUT2D eigenvalue weighted by atomic mass is 16.5. The highest BCUT2D eigenvalue weighted by molar-refractivity contribution is 5.85. The van der Waals surface area contributed by atoms with Crippen LogP contribution in [0.5, 0.6) is 11.5 Å². The average molecular weight is 529 g/mol. The number of hydrogen-bond acceptors (Lipinski definition) is 7. The van der Waals surface area contributed by atoms with Crippen molar-refractivity contribution in [1.29, 1.82) is 0 Å². The molecule has 1 aliphatic heterocycles. The van der Waals surface area contributed by atoms with E-state index in [0.29, 0.717) is 42.2 Å². The van der Waals surface area contributed by atoms with Gasteiger partial charge in [-0.3, -0.25) is 9.69 Å². The first-order valence-electron chi connectivity index (χ1n) is 13.6. The quantitative estimate of drug-likeness (QED) is 0.306. The van der Waals surface area contributed by atoms with E-state index in [1.807, 2.05) is 18.2 Å². The molecule has 1 aliphatic rings. The number of amides is 1. The van der Waals surface area contributed by atoms with Gasteiger partial charge in [0.25, 0.3) is 0 Å². The predicted molar refractivity (Wildman–Crippen MR) is 151 cm³/mol. The Hall–Kier alpha value is -3.91. The number of nitrogens with zero attached hydrogens (tertiary/aromatic N) is 3. The molecule has 1 fully saturated rings. The van der Waals surface area contributed by atoms with E-state index in [1.165, 1.54) is 16.3 Å². The summed E-state index contributed by atoms with van der Waals surface area (Å²) < 4.78 is 16.2. The van der Waals surface area contributed by atoms with Crippen LogP contribution in [0.3, 0.4) is 0 Å². The third-order valence-electron chi connectivity index (χ3n) is 7.50. The van der Waals surface area contributed by atoms with Crippen LogP contribution in [0.25, 0.3) is 22.2 Å². The van der Waals surface area contributed by atoms with Gasteiger partial charge in [-0.2, -0.15) is 4.98 Å². The molecule has 0 saturated carbocycles. The maximum Gasteiger partial charge on any atom is 0.241 e. The number of fused-ring (bicyclic) bond motifs is 1. The first-order chi connectivity index (χ1) is 19.0. The maximum atomic E-state index is 12.9. The van der Waals surface area contributed by atoms with Gasteiger partial charge in [-0.1, -0.05) is 54.5 Å². The fraction of sp³-hybridized carbons (Fsp3) is 0.387. The van der Waals surface area contributed by atoms with Crippen molar-refractivity contribution in [3.63, 3.8) is 0 Å². The molecular weight excluding hydrogens is 492 g/mol. The van der Waals surface area contributed by atoms with E-state index >= 15 is 0 Å². The fourth-order valence-corrected chi connectivity index (χ4v) is 5.29. The Bertz CT molecular complexity index is 1410. The molecule has 1 aromatic heterocycles. The smallest absolute Gasteiger partial charge is 0.241 e. The lowest BCUT2D eigenvalue weighted by Gasteiger charge is -2.30. The van der Waals surface area contributed by atoms with E-state index in [4.69, 9.17) is 14.0 Å². The van der Waals surface area contributed by atoms with Crippen LogP contribution in [0.4, 0.5) is 0 Å². The lowest BCUT2D eigenvalue weighted by Crippen LogP contribution is -2.41. The third-order valence-corrected chi connectivity index (χ3v) is 7.50. The minimum Gasteiger partial charge on any atom is -0.493 e. The number of piperidine rings is 1. The van der Waals surface area contributed by atoms with E-state index < -0.39 is 0 Å². The van der Waals surface area contributed by atoms with E-state index in [0.717, 1.165) is 37.9 Å². The molecule has 1 unspecified atom stereocenters. The van der Waals surface area contributed by atoms with Crippen LogP contribution in [0.1, 0.15) is 31.2 Å². The Kier molecular flexibility index (Phi) is 8.42. The molecule has 1 N–H and O–H groups in total. The number of carbonyl (C=O) groups excluding carboxylic acids is 1. The zero-order chi connectivity index (χ0) is 27.2. The lowest BCUT2D eigenvalue weighted by atomic mass is 9.94. The summed E-state index contributed by atoms with van der Waals surface area (Å²) in [7, 11) is 3.20. The number of benzene rings is 3. The monoisotopic (exact) mass is 528 g/mol. The van der Waals surface area contributed by atoms with Crippen molar-refractivity contribution >= 4 is 16.7 Å². The summed E-state index contributed by atoms with van der Waals surface area (Å²) in [6.07, 6.45) is 2.58. The van der Waals surface area contributed by atoms with Crippen molar-refractivity contribution in [2.24, 2.45) is 11.8 Å². The Morgan fingerprint density at radius 2 is 1.82 bits per heavy atom. The molecule has 1 saturated heterocycles. The zero-order valence-electron chi connectivity index (χ0n) is 22.9. The number of nitrogens with one attached hydrogen (secondary N) is 1. The van der Waals surface area contributed by atoms with Crippen LogP contribution in [0.15, 0.2) is 65.2 Å². The Morgan fingerprint density at radius 3 is 2.62 bits per heavy atom. The summed E-state index contributed by atoms with van der Waals surface area (Å²) in [4.78, 5) is 19.7. The van der Waals surface area contributed by atoms with Crippen molar-refractivity contribution in [1.82, 2.24) is 20.4 Å². The van der Waals surface area contributed by atoms with Crippen LogP contribution >= 0.6 is 0 Å². The van der Waals surface area contributed by atoms with Gasteiger partial charge < -0.3 is 19.3 Å². The number of hydrogen-bond donors (Lipinski definition) is 1. The zero-order valence-corrected chi connectivity index (χ0v) is 22.9. The number of likely N-dealkylation sites (tertiary alicyclic amines) is 1. The Morgan fingerprint density at radius 1 is 1.05 bits per heavy atom. The fourth-order valence-electron chi connectivity index (χ4n) is 5.29. The van der Waals surface area contributed by atoms with Crippen LogP contribution < -0.4 is 14.8 Å². The highest BCUT2D eigenvalue weighted by Crippen LogP contribution is 2.31. The minimum absolute atomic E-state index is 0.0380. The van der Waals surface area contributed by atoms with E-state index in [2.05, 4.69) is 69.7 Å². The summed E-state index contributed by atoms with van der Waals surface area (Å²) in [5.74, 6) is 2.89. The first kappa shape index (κ1) is 26.7. The van der Waals surface area contributed by atoms with Crippen molar-refractivity contribution in [3.8, 4) is 22.9 Å². The Labute approximate surface area is 229 Å². The third kappa shape index (κ3) is 6.40. The number of ether oxygens (including phenoxy) is 2. The van der Waals surface area contributed by atoms with Crippen molar-refractivity contribution in [2.75, 3.05) is 33.9 Å². The number of methoxy groups -OCH3 is 2. The summed E-state index contributed by atoms with van der Waals surface area (Å²) in [6, 6.07) is 20.5. The standard InChI is InChI=1S/C31H36N4O4/c1-21(17-24-9-6-8-22-7-4-5-10-26(22)24)19-32-31(36)23-13-15-35(16-14-23)20-29-33-30(34-39-29)25-11-12-27(37-2)28(18-25)38-3/h4-12,18,21,23H,13-17,19-20H2,1-3H3,(H,32,36). The van der Waals surface area contributed by atoms with Crippen LogP contribution in [-0.4, -0.2) is 54.8 Å². The topological polar surface area (TPSA) is 89.7 Å². The minimum atomic E-state index is 0.0380. The van der Waals surface area contributed by atoms with E-state index in [-0.39, 0.29) is 11.8 Å². The van der Waals surface area contributed by atoms with Crippen molar-refractivity contribution in [2.45, 2.75) is 32.7 Å². The van der Waals surface area contributed by atoms with Gasteiger partial charge in [-0.15, -0.1) is 0 Å². The normalized spacial score (nSPS) is 15.3. The molecule has 2 heterocycles. The van der Waals surface area contributed by atoms with E-state index in [1.54, 1.807) is 14.2 Å². The average Bonchev–Trinajstić information content (AvgIpc) is 3.44. The molecule has 3 aromatic carbocycles. The second-order valence-corrected chi connectivity index (χ2v) is 10.3. The number of rotatable bonds is 10. The van der Waals surface area contributed by atoms with Gasteiger partial charge in [0.1, 0.15) is 0 Å². The molecule has 0 spiro atoms. The second-order valence-electron chi connectivity index (χ2n) is 10.3. The molecule has 204 valence electrons. The van der Waals surface area contributed by atoms with Gasteiger partial charge in [0.2, 0.25) is 17.6 Å². The molecule has 0 aliphatic carbocycles. The second kappa shape index (κ2) is 12.3. The summed E-state index contributed by atoms with van der Waals surface area (Å²) >= 11 is 0. The van der Waals surface area contributed by atoms with Crippen LogP contribution in [0, 0.1) is 11.8 Å². The predicted octanol–water partition coefficient (Wildman–Crippen LogP) is 5.11. The molecule has 8 nitrogen and oxygen atoms in total. The molecule has 4 aromatic rings. The van der Waals surface area contributed by atoms with Crippen LogP contribution in [0.2, 0.25) is 0 Å². The highest BCUT2D eigenvalue weighted by Gasteiger charge is 2.26. The van der Waals surface area contributed by atoms with Crippen molar-refractivity contribution in [3.05, 3.63) is 72.1 Å². The van der Waals surface area contributed by atoms with Gasteiger partial charge in [-0.25, -0.2) is 0 Å². The van der Waals surface area contributed by atoms with Gasteiger partial charge >= 0.3 is 0 Å². The largest absolute Gasteiger partial charge is 0.493 e. The lowest BCUT2D eigenvalue weighted by molar-refractivity contribution is -0.126. The summed E-state index contributed by atoms with van der Waals surface area (Å²) in [5.41, 5.74) is 2.13. The van der Waals surface area contributed by atoms with Gasteiger partial charge in [-0.05, 0) is 72.8 Å². The molecule has 1 atom stereocenters. The van der Waals surface area contributed by atoms with Gasteiger partial charge in [0.15, 0.2) is 11.5 Å². The van der Waals surface area contributed by atoms with Crippen LogP contribution in [-0.2, 0) is 17.8 Å². The molecule has 0 radical (unpaired) electrons. The van der Waals surface area contributed by atoms with Gasteiger partial charge in [0.05, 0.1) is 20.8 Å². The molecule has 0 bridgehead atoms. The number of aromatic nitrogens is 2. The molecular formula is C31H36N4O4. The molecule has 1 amide bonds. The van der Waals surface area contributed by atoms with Gasteiger partial charge in [0, 0.05) is 18.0 Å². The van der Waals surface area contributed by atoms with Crippen molar-refractivity contribution < 1.29 is 18.8 Å². The van der Waals surface area contributed by atoms with E-state index in [9.17, 15) is 4.79 Å². The summed E-state index contributed by atoms with van der Waals surface area (Å²) in [5, 5.41) is 9.90. The number of carbonyl (C=O) groups is 1. The summed E-state index contributed by atoms with van der Waals surface area (Å²) in [6.45, 7) is 5.08. The Balaban J connectivity index is 1.08. The SMILES string of the molecule is COc1ccc(-c2noc(CN3CCC(C(=O)NCC(C)Cc4cccc5ccccc45)CC3)n2)cc1OC. The molecule has 39 heavy (non-hydrogen) atoms.